The number of hydrogen-bond donors (Lipinski definition) is 1. The third-order valence-electron chi connectivity index (χ3n) is 2.32. The van der Waals surface area contributed by atoms with Crippen molar-refractivity contribution in [3.63, 3.8) is 0 Å². The monoisotopic (exact) mass is 210 g/mol. The van der Waals surface area contributed by atoms with Crippen molar-refractivity contribution in [3.8, 4) is 0 Å². The van der Waals surface area contributed by atoms with Crippen LogP contribution in [0.1, 0.15) is 19.8 Å². The molecule has 4 heteroatoms. The van der Waals surface area contributed by atoms with E-state index in [-0.39, 0.29) is 0 Å². The third kappa shape index (κ3) is 4.34. The molecule has 0 spiro atoms. The predicted molar refractivity (Wildman–Crippen MR) is 64.2 cm³/mol. The minimum absolute atomic E-state index is 0.988. The summed E-state index contributed by atoms with van der Waals surface area (Å²) in [6, 6.07) is 0. The minimum atomic E-state index is 0.988. The van der Waals surface area contributed by atoms with Crippen LogP contribution in [0.3, 0.4) is 0 Å². The van der Waals surface area contributed by atoms with E-state index in [0.717, 1.165) is 25.6 Å². The maximum Gasteiger partial charge on any atom is 0.202 e. The highest BCUT2D eigenvalue weighted by atomic mass is 15.2. The van der Waals surface area contributed by atoms with Gasteiger partial charge in [-0.05, 0) is 20.5 Å². The topological polar surface area (TPSA) is 33.1 Å². The number of unbranched alkanes of at least 4 members (excludes halogenated alkanes) is 1. The summed E-state index contributed by atoms with van der Waals surface area (Å²) in [4.78, 5) is 6.48. The zero-order valence-corrected chi connectivity index (χ0v) is 10.0. The molecule has 1 N–H and O–H groups in total. The van der Waals surface area contributed by atoms with Crippen LogP contribution in [-0.4, -0.2) is 41.6 Å². The normalized spacial score (nSPS) is 10.9. The fourth-order valence-corrected chi connectivity index (χ4v) is 1.34. The van der Waals surface area contributed by atoms with Crippen molar-refractivity contribution in [1.29, 1.82) is 0 Å². The molecule has 0 unspecified atom stereocenters. The van der Waals surface area contributed by atoms with Gasteiger partial charge >= 0.3 is 0 Å². The molecular formula is C11H22N4. The van der Waals surface area contributed by atoms with Gasteiger partial charge in [0, 0.05) is 32.0 Å². The summed E-state index contributed by atoms with van der Waals surface area (Å²) in [6.07, 6.45) is 6.29. The molecule has 0 aliphatic rings. The molecule has 0 saturated heterocycles. The van der Waals surface area contributed by atoms with E-state index >= 15 is 0 Å². The van der Waals surface area contributed by atoms with E-state index < -0.39 is 0 Å². The first-order valence-electron chi connectivity index (χ1n) is 5.63. The number of hydrogen-bond acceptors (Lipinski definition) is 3. The second kappa shape index (κ2) is 6.45. The van der Waals surface area contributed by atoms with Crippen LogP contribution in [0.2, 0.25) is 0 Å². The summed E-state index contributed by atoms with van der Waals surface area (Å²) < 4.78 is 2.16. The second-order valence-corrected chi connectivity index (χ2v) is 4.03. The molecule has 4 nitrogen and oxygen atoms in total. The average molecular weight is 210 g/mol. The van der Waals surface area contributed by atoms with E-state index in [1.807, 2.05) is 12.4 Å². The first-order chi connectivity index (χ1) is 7.24. The number of imidazole rings is 1. The molecule has 0 aliphatic heterocycles. The van der Waals surface area contributed by atoms with E-state index in [1.165, 1.54) is 12.8 Å². The Hall–Kier alpha value is -1.03. The van der Waals surface area contributed by atoms with E-state index in [9.17, 15) is 0 Å². The van der Waals surface area contributed by atoms with Crippen LogP contribution in [0.15, 0.2) is 12.4 Å². The Morgan fingerprint density at radius 3 is 2.93 bits per heavy atom. The van der Waals surface area contributed by atoms with Gasteiger partial charge in [0.15, 0.2) is 0 Å². The maximum atomic E-state index is 4.30. The zero-order valence-electron chi connectivity index (χ0n) is 10.0. The van der Waals surface area contributed by atoms with Gasteiger partial charge in [-0.25, -0.2) is 4.98 Å². The number of likely N-dealkylation sites (N-methyl/N-ethyl adjacent to an activating group) is 1. The Morgan fingerprint density at radius 2 is 2.27 bits per heavy atom. The molecule has 0 bridgehead atoms. The quantitative estimate of drug-likeness (QED) is 0.695. The van der Waals surface area contributed by atoms with Crippen molar-refractivity contribution < 1.29 is 0 Å². The van der Waals surface area contributed by atoms with Gasteiger partial charge in [0.05, 0.1) is 0 Å². The van der Waals surface area contributed by atoms with Crippen molar-refractivity contribution in [3.05, 3.63) is 12.4 Å². The molecule has 86 valence electrons. The van der Waals surface area contributed by atoms with Gasteiger partial charge in [-0.1, -0.05) is 13.3 Å². The van der Waals surface area contributed by atoms with E-state index in [1.54, 1.807) is 0 Å². The average Bonchev–Trinajstić information content (AvgIpc) is 2.63. The van der Waals surface area contributed by atoms with Crippen molar-refractivity contribution >= 4 is 5.95 Å². The number of nitrogens with zero attached hydrogens (tertiary/aromatic N) is 3. The van der Waals surface area contributed by atoms with Gasteiger partial charge in [0.25, 0.3) is 0 Å². The number of anilines is 1. The molecule has 0 amide bonds. The summed E-state index contributed by atoms with van der Waals surface area (Å²) in [6.45, 7) is 5.23. The number of nitrogens with one attached hydrogen (secondary N) is 1. The standard InChI is InChI=1S/C11H22N4/c1-4-5-6-12-11-13-7-8-15(11)10-9-14(2)3/h7-8H,4-6,9-10H2,1-3H3,(H,12,13). The number of rotatable bonds is 7. The van der Waals surface area contributed by atoms with Crippen LogP contribution < -0.4 is 5.32 Å². The van der Waals surface area contributed by atoms with Crippen LogP contribution in [0, 0.1) is 0 Å². The molecule has 0 saturated carbocycles. The molecule has 0 aliphatic carbocycles. The highest BCUT2D eigenvalue weighted by molar-refractivity contribution is 5.25. The van der Waals surface area contributed by atoms with E-state index in [0.29, 0.717) is 0 Å². The largest absolute Gasteiger partial charge is 0.356 e. The van der Waals surface area contributed by atoms with Crippen molar-refractivity contribution in [1.82, 2.24) is 14.5 Å². The van der Waals surface area contributed by atoms with E-state index in [2.05, 4.69) is 40.8 Å². The van der Waals surface area contributed by atoms with Crippen LogP contribution in [0.5, 0.6) is 0 Å². The lowest BCUT2D eigenvalue weighted by Crippen LogP contribution is -2.19. The summed E-state index contributed by atoms with van der Waals surface area (Å²) in [7, 11) is 4.17. The van der Waals surface area contributed by atoms with Gasteiger partial charge in [0.2, 0.25) is 5.95 Å². The fraction of sp³-hybridized carbons (Fsp3) is 0.727. The highest BCUT2D eigenvalue weighted by Gasteiger charge is 2.01. The SMILES string of the molecule is CCCCNc1nccn1CCN(C)C. The second-order valence-electron chi connectivity index (χ2n) is 4.03. The predicted octanol–water partition coefficient (Wildman–Crippen LogP) is 1.66. The Bertz CT molecular complexity index is 267. The minimum Gasteiger partial charge on any atom is -0.356 e. The van der Waals surface area contributed by atoms with Crippen LogP contribution in [0.25, 0.3) is 0 Å². The Morgan fingerprint density at radius 1 is 1.47 bits per heavy atom. The lowest BCUT2D eigenvalue weighted by Gasteiger charge is -2.12. The number of aromatic nitrogens is 2. The summed E-state index contributed by atoms with van der Waals surface area (Å²) in [5.74, 6) is 0.991. The smallest absolute Gasteiger partial charge is 0.202 e. The lowest BCUT2D eigenvalue weighted by atomic mass is 10.3. The van der Waals surface area contributed by atoms with Crippen LogP contribution >= 0.6 is 0 Å². The first kappa shape index (κ1) is 12.0. The first-order valence-corrected chi connectivity index (χ1v) is 5.63. The Labute approximate surface area is 92.3 Å². The maximum absolute atomic E-state index is 4.30. The highest BCUT2D eigenvalue weighted by Crippen LogP contribution is 2.04. The summed E-state index contributed by atoms with van der Waals surface area (Å²) in [5, 5.41) is 3.35. The summed E-state index contributed by atoms with van der Waals surface area (Å²) >= 11 is 0. The molecule has 1 rings (SSSR count). The third-order valence-corrected chi connectivity index (χ3v) is 2.32. The van der Waals surface area contributed by atoms with Gasteiger partial charge < -0.3 is 14.8 Å². The molecule has 0 fully saturated rings. The van der Waals surface area contributed by atoms with Crippen LogP contribution in [-0.2, 0) is 6.54 Å². The molecule has 0 atom stereocenters. The summed E-state index contributed by atoms with van der Waals surface area (Å²) in [5.41, 5.74) is 0. The molecule has 1 aromatic rings. The molecule has 1 heterocycles. The van der Waals surface area contributed by atoms with Crippen LogP contribution in [0.4, 0.5) is 5.95 Å². The van der Waals surface area contributed by atoms with Gasteiger partial charge in [-0.3, -0.25) is 0 Å². The van der Waals surface area contributed by atoms with Crippen molar-refractivity contribution in [2.24, 2.45) is 0 Å². The van der Waals surface area contributed by atoms with Crippen molar-refractivity contribution in [2.45, 2.75) is 26.3 Å². The molecule has 0 aromatic carbocycles. The molecule has 0 radical (unpaired) electrons. The zero-order chi connectivity index (χ0) is 11.1. The lowest BCUT2D eigenvalue weighted by molar-refractivity contribution is 0.385. The van der Waals surface area contributed by atoms with Gasteiger partial charge in [0.1, 0.15) is 0 Å². The molecule has 15 heavy (non-hydrogen) atoms. The van der Waals surface area contributed by atoms with Gasteiger partial charge in [-0.15, -0.1) is 0 Å². The van der Waals surface area contributed by atoms with E-state index in [4.69, 9.17) is 0 Å². The molecular weight excluding hydrogens is 188 g/mol. The fourth-order valence-electron chi connectivity index (χ4n) is 1.34. The Balaban J connectivity index is 2.39. The van der Waals surface area contributed by atoms with Gasteiger partial charge in [-0.2, -0.15) is 0 Å². The van der Waals surface area contributed by atoms with Crippen molar-refractivity contribution in [2.75, 3.05) is 32.5 Å². The Kier molecular flexibility index (Phi) is 5.18. The molecule has 1 aromatic heterocycles.